The molecule has 1 rings (SSSR count). The summed E-state index contributed by atoms with van der Waals surface area (Å²) in [5.74, 6) is 0.347. The smallest absolute Gasteiger partial charge is 0.153 e. The molecule has 1 aromatic heterocycles. The first-order valence-corrected chi connectivity index (χ1v) is 5.79. The van der Waals surface area contributed by atoms with Gasteiger partial charge in [-0.1, -0.05) is 20.4 Å². The lowest BCUT2D eigenvalue weighted by atomic mass is 9.98. The first-order valence-electron chi connectivity index (χ1n) is 4.91. The molecule has 2 nitrogen and oxygen atoms in total. The zero-order chi connectivity index (χ0) is 11.4. The van der Waals surface area contributed by atoms with Crippen LogP contribution in [0.3, 0.4) is 0 Å². The number of aliphatic hydroxyl groups excluding tert-OH is 1. The molecular weight excluding hydrogens is 213 g/mol. The molecule has 2 atom stereocenters. The standard InChI is InChI=1S/C11H16FNOS/c1-7(2)6-8(3)9(12)10(14)11-13-4-5-15-11/h4-5,7,9-10,14H,3,6H2,1-2H3. The van der Waals surface area contributed by atoms with Crippen molar-refractivity contribution in [1.29, 1.82) is 0 Å². The maximum absolute atomic E-state index is 13.7. The van der Waals surface area contributed by atoms with Gasteiger partial charge in [-0.3, -0.25) is 0 Å². The summed E-state index contributed by atoms with van der Waals surface area (Å²) in [7, 11) is 0. The first kappa shape index (κ1) is 12.3. The number of aromatic nitrogens is 1. The Morgan fingerprint density at radius 1 is 1.67 bits per heavy atom. The molecule has 0 aliphatic carbocycles. The molecule has 4 heteroatoms. The van der Waals surface area contributed by atoms with Crippen molar-refractivity contribution in [2.24, 2.45) is 5.92 Å². The van der Waals surface area contributed by atoms with Crippen molar-refractivity contribution >= 4 is 11.3 Å². The molecule has 0 spiro atoms. The highest BCUT2D eigenvalue weighted by Gasteiger charge is 2.25. The van der Waals surface area contributed by atoms with Crippen LogP contribution in [0.1, 0.15) is 31.4 Å². The van der Waals surface area contributed by atoms with Gasteiger partial charge in [-0.15, -0.1) is 11.3 Å². The lowest BCUT2D eigenvalue weighted by Gasteiger charge is -2.17. The molecule has 0 aliphatic rings. The summed E-state index contributed by atoms with van der Waals surface area (Å²) in [5.41, 5.74) is 0.438. The third-order valence-corrected chi connectivity index (χ3v) is 2.89. The van der Waals surface area contributed by atoms with Crippen LogP contribution in [-0.4, -0.2) is 16.3 Å². The molecule has 0 aliphatic heterocycles. The number of hydrogen-bond donors (Lipinski definition) is 1. The SMILES string of the molecule is C=C(CC(C)C)C(F)C(O)c1nccs1. The predicted octanol–water partition coefficient (Wildman–Crippen LogP) is 3.12. The summed E-state index contributed by atoms with van der Waals surface area (Å²) in [4.78, 5) is 3.89. The van der Waals surface area contributed by atoms with Crippen LogP contribution in [0.5, 0.6) is 0 Å². The number of thiazole rings is 1. The van der Waals surface area contributed by atoms with Crippen molar-refractivity contribution in [2.75, 3.05) is 0 Å². The van der Waals surface area contributed by atoms with Gasteiger partial charge in [0.25, 0.3) is 0 Å². The van der Waals surface area contributed by atoms with Gasteiger partial charge in [0, 0.05) is 11.6 Å². The zero-order valence-corrected chi connectivity index (χ0v) is 9.80. The van der Waals surface area contributed by atoms with Crippen molar-refractivity contribution in [3.63, 3.8) is 0 Å². The summed E-state index contributed by atoms with van der Waals surface area (Å²) < 4.78 is 13.7. The fourth-order valence-electron chi connectivity index (χ4n) is 1.37. The van der Waals surface area contributed by atoms with E-state index in [-0.39, 0.29) is 0 Å². The Hall–Kier alpha value is -0.740. The summed E-state index contributed by atoms with van der Waals surface area (Å²) in [5, 5.41) is 11.8. The van der Waals surface area contributed by atoms with E-state index in [1.165, 1.54) is 11.3 Å². The van der Waals surface area contributed by atoms with Crippen LogP contribution >= 0.6 is 11.3 Å². The normalized spacial score (nSPS) is 15.3. The van der Waals surface area contributed by atoms with E-state index in [0.717, 1.165) is 0 Å². The summed E-state index contributed by atoms with van der Waals surface area (Å²) >= 11 is 1.25. The van der Waals surface area contributed by atoms with E-state index in [9.17, 15) is 9.50 Å². The molecule has 1 aromatic rings. The highest BCUT2D eigenvalue weighted by molar-refractivity contribution is 7.09. The third-order valence-electron chi connectivity index (χ3n) is 2.04. The van der Waals surface area contributed by atoms with Crippen LogP contribution < -0.4 is 0 Å². The van der Waals surface area contributed by atoms with Crippen LogP contribution in [0.2, 0.25) is 0 Å². The number of hydrogen-bond acceptors (Lipinski definition) is 3. The van der Waals surface area contributed by atoms with E-state index < -0.39 is 12.3 Å². The minimum atomic E-state index is -1.42. The molecule has 0 amide bonds. The van der Waals surface area contributed by atoms with Gasteiger partial charge in [0.15, 0.2) is 6.17 Å². The van der Waals surface area contributed by atoms with Gasteiger partial charge in [0.1, 0.15) is 11.1 Å². The van der Waals surface area contributed by atoms with Crippen molar-refractivity contribution in [1.82, 2.24) is 4.98 Å². The topological polar surface area (TPSA) is 33.1 Å². The first-order chi connectivity index (χ1) is 7.02. The van der Waals surface area contributed by atoms with Gasteiger partial charge >= 0.3 is 0 Å². The Balaban J connectivity index is 2.60. The Bertz CT molecular complexity index is 310. The highest BCUT2D eigenvalue weighted by Crippen LogP contribution is 2.28. The van der Waals surface area contributed by atoms with Crippen molar-refractivity contribution in [2.45, 2.75) is 32.5 Å². The Kier molecular flexibility index (Phi) is 4.42. The van der Waals surface area contributed by atoms with Crippen LogP contribution in [0.25, 0.3) is 0 Å². The third kappa shape index (κ3) is 3.39. The quantitative estimate of drug-likeness (QED) is 0.787. The number of aliphatic hydroxyl groups is 1. The van der Waals surface area contributed by atoms with Gasteiger partial charge < -0.3 is 5.11 Å². The van der Waals surface area contributed by atoms with Gasteiger partial charge in [0.2, 0.25) is 0 Å². The monoisotopic (exact) mass is 229 g/mol. The second-order valence-corrected chi connectivity index (χ2v) is 4.90. The molecule has 1 N–H and O–H groups in total. The summed E-state index contributed by atoms with van der Waals surface area (Å²) in [6, 6.07) is 0. The van der Waals surface area contributed by atoms with Crippen molar-refractivity contribution in [3.8, 4) is 0 Å². The summed E-state index contributed by atoms with van der Waals surface area (Å²) in [6.07, 6.45) is -0.445. The average Bonchev–Trinajstić information content (AvgIpc) is 2.67. The maximum Gasteiger partial charge on any atom is 0.153 e. The molecule has 0 bridgehead atoms. The van der Waals surface area contributed by atoms with Crippen LogP contribution in [0, 0.1) is 5.92 Å². The largest absolute Gasteiger partial charge is 0.382 e. The molecule has 0 radical (unpaired) electrons. The molecular formula is C11H16FNOS. The molecule has 15 heavy (non-hydrogen) atoms. The number of halogens is 1. The van der Waals surface area contributed by atoms with Gasteiger partial charge in [-0.25, -0.2) is 9.37 Å². The van der Waals surface area contributed by atoms with Gasteiger partial charge in [0.05, 0.1) is 0 Å². The minimum absolute atomic E-state index is 0.347. The predicted molar refractivity (Wildman–Crippen MR) is 60.6 cm³/mol. The van der Waals surface area contributed by atoms with Crippen LogP contribution in [-0.2, 0) is 0 Å². The van der Waals surface area contributed by atoms with E-state index in [2.05, 4.69) is 11.6 Å². The van der Waals surface area contributed by atoms with Crippen molar-refractivity contribution in [3.05, 3.63) is 28.7 Å². The highest BCUT2D eigenvalue weighted by atomic mass is 32.1. The molecule has 0 saturated carbocycles. The van der Waals surface area contributed by atoms with E-state index in [4.69, 9.17) is 0 Å². The average molecular weight is 229 g/mol. The van der Waals surface area contributed by atoms with E-state index in [0.29, 0.717) is 22.9 Å². The van der Waals surface area contributed by atoms with E-state index >= 15 is 0 Å². The Labute approximate surface area is 93.5 Å². The molecule has 2 unspecified atom stereocenters. The molecule has 1 heterocycles. The number of nitrogens with zero attached hydrogens (tertiary/aromatic N) is 1. The number of rotatable bonds is 5. The van der Waals surface area contributed by atoms with Crippen LogP contribution in [0.4, 0.5) is 4.39 Å². The number of alkyl halides is 1. The Morgan fingerprint density at radius 3 is 2.80 bits per heavy atom. The minimum Gasteiger partial charge on any atom is -0.382 e. The van der Waals surface area contributed by atoms with Crippen LogP contribution in [0.15, 0.2) is 23.7 Å². The Morgan fingerprint density at radius 2 is 2.33 bits per heavy atom. The fourth-order valence-corrected chi connectivity index (χ4v) is 2.01. The van der Waals surface area contributed by atoms with Gasteiger partial charge in [-0.2, -0.15) is 0 Å². The lowest BCUT2D eigenvalue weighted by molar-refractivity contribution is 0.0945. The molecule has 0 fully saturated rings. The molecule has 0 saturated heterocycles. The zero-order valence-electron chi connectivity index (χ0n) is 8.98. The second-order valence-electron chi connectivity index (χ2n) is 3.97. The maximum atomic E-state index is 13.7. The van der Waals surface area contributed by atoms with E-state index in [1.807, 2.05) is 13.8 Å². The summed E-state index contributed by atoms with van der Waals surface area (Å²) in [6.45, 7) is 7.66. The molecule has 0 aromatic carbocycles. The second kappa shape index (κ2) is 5.37. The molecule has 84 valence electrons. The lowest BCUT2D eigenvalue weighted by Crippen LogP contribution is -2.16. The van der Waals surface area contributed by atoms with Crippen molar-refractivity contribution < 1.29 is 9.50 Å². The van der Waals surface area contributed by atoms with E-state index in [1.54, 1.807) is 11.6 Å². The van der Waals surface area contributed by atoms with Gasteiger partial charge in [-0.05, 0) is 17.9 Å². The fraction of sp³-hybridized carbons (Fsp3) is 0.545.